The highest BCUT2D eigenvalue weighted by Crippen LogP contribution is 2.43. The molecule has 1 aliphatic carbocycles. The van der Waals surface area contributed by atoms with Crippen LogP contribution in [-0.4, -0.2) is 45.4 Å². The SMILES string of the molecule is CCNC(=NCc1ccccc1N1CCOCC1)NCC1(CC)CCC1.I. The first-order valence-corrected chi connectivity index (χ1v) is 10.2. The minimum absolute atomic E-state index is 0. The summed E-state index contributed by atoms with van der Waals surface area (Å²) in [5.41, 5.74) is 3.06. The summed E-state index contributed by atoms with van der Waals surface area (Å²) >= 11 is 0. The van der Waals surface area contributed by atoms with Gasteiger partial charge < -0.3 is 20.3 Å². The van der Waals surface area contributed by atoms with E-state index < -0.39 is 0 Å². The van der Waals surface area contributed by atoms with Gasteiger partial charge in [0.2, 0.25) is 0 Å². The number of halogens is 1. The number of benzene rings is 1. The van der Waals surface area contributed by atoms with E-state index in [2.05, 4.69) is 53.6 Å². The van der Waals surface area contributed by atoms with Crippen molar-refractivity contribution in [3.05, 3.63) is 29.8 Å². The minimum Gasteiger partial charge on any atom is -0.378 e. The second-order valence-corrected chi connectivity index (χ2v) is 7.48. The fraction of sp³-hybridized carbons (Fsp3) is 0.667. The molecule has 1 heterocycles. The first kappa shape index (κ1) is 22.3. The van der Waals surface area contributed by atoms with Crippen LogP contribution < -0.4 is 15.5 Å². The Morgan fingerprint density at radius 2 is 1.89 bits per heavy atom. The average molecular weight is 486 g/mol. The Hall–Kier alpha value is -1.02. The number of hydrogen-bond acceptors (Lipinski definition) is 3. The van der Waals surface area contributed by atoms with Crippen LogP contribution in [0.3, 0.4) is 0 Å². The Labute approximate surface area is 181 Å². The lowest BCUT2D eigenvalue weighted by molar-refractivity contribution is 0.122. The van der Waals surface area contributed by atoms with Gasteiger partial charge in [0.15, 0.2) is 5.96 Å². The van der Waals surface area contributed by atoms with Gasteiger partial charge in [-0.05, 0) is 43.2 Å². The third-order valence-corrected chi connectivity index (χ3v) is 5.89. The predicted molar refractivity (Wildman–Crippen MR) is 124 cm³/mol. The number of guanidine groups is 1. The van der Waals surface area contributed by atoms with Gasteiger partial charge in [0.05, 0.1) is 19.8 Å². The molecule has 0 amide bonds. The molecule has 0 atom stereocenters. The first-order valence-electron chi connectivity index (χ1n) is 10.2. The van der Waals surface area contributed by atoms with Crippen LogP contribution in [0.25, 0.3) is 0 Å². The highest BCUT2D eigenvalue weighted by Gasteiger charge is 2.34. The van der Waals surface area contributed by atoms with Crippen molar-refractivity contribution in [3.63, 3.8) is 0 Å². The average Bonchev–Trinajstić information content (AvgIpc) is 2.66. The second kappa shape index (κ2) is 11.1. The van der Waals surface area contributed by atoms with Crippen molar-refractivity contribution in [2.75, 3.05) is 44.3 Å². The van der Waals surface area contributed by atoms with Crippen molar-refractivity contribution in [2.24, 2.45) is 10.4 Å². The molecule has 0 radical (unpaired) electrons. The molecule has 0 bridgehead atoms. The van der Waals surface area contributed by atoms with Crippen LogP contribution in [0.4, 0.5) is 5.69 Å². The van der Waals surface area contributed by atoms with Gasteiger partial charge in [-0.25, -0.2) is 4.99 Å². The van der Waals surface area contributed by atoms with Gasteiger partial charge in [-0.1, -0.05) is 31.5 Å². The van der Waals surface area contributed by atoms with Crippen molar-refractivity contribution in [2.45, 2.75) is 46.1 Å². The van der Waals surface area contributed by atoms with Crippen molar-refractivity contribution in [1.82, 2.24) is 10.6 Å². The van der Waals surface area contributed by atoms with Crippen molar-refractivity contribution in [3.8, 4) is 0 Å². The number of rotatable bonds is 7. The number of nitrogens with one attached hydrogen (secondary N) is 2. The molecule has 27 heavy (non-hydrogen) atoms. The van der Waals surface area contributed by atoms with E-state index in [9.17, 15) is 0 Å². The van der Waals surface area contributed by atoms with Crippen LogP contribution in [-0.2, 0) is 11.3 Å². The van der Waals surface area contributed by atoms with Crippen LogP contribution in [0.5, 0.6) is 0 Å². The quantitative estimate of drug-likeness (QED) is 0.350. The zero-order chi connectivity index (χ0) is 18.2. The minimum atomic E-state index is 0. The molecule has 5 nitrogen and oxygen atoms in total. The summed E-state index contributed by atoms with van der Waals surface area (Å²) in [5.74, 6) is 0.934. The number of aliphatic imine (C=N–C) groups is 1. The lowest BCUT2D eigenvalue weighted by Gasteiger charge is -2.41. The summed E-state index contributed by atoms with van der Waals surface area (Å²) in [5, 5.41) is 6.99. The Morgan fingerprint density at radius 1 is 1.15 bits per heavy atom. The zero-order valence-electron chi connectivity index (χ0n) is 16.8. The molecule has 0 unspecified atom stereocenters. The molecule has 1 aromatic carbocycles. The summed E-state index contributed by atoms with van der Waals surface area (Å²) in [6.45, 7) is 10.6. The number of para-hydroxylation sites is 1. The van der Waals surface area contributed by atoms with Gasteiger partial charge in [-0.3, -0.25) is 0 Å². The molecule has 2 aliphatic rings. The van der Waals surface area contributed by atoms with Gasteiger partial charge in [-0.2, -0.15) is 0 Å². The van der Waals surface area contributed by atoms with E-state index in [0.29, 0.717) is 12.0 Å². The van der Waals surface area contributed by atoms with Gasteiger partial charge in [-0.15, -0.1) is 24.0 Å². The van der Waals surface area contributed by atoms with Crippen LogP contribution in [0.1, 0.15) is 45.1 Å². The summed E-state index contributed by atoms with van der Waals surface area (Å²) < 4.78 is 5.49. The number of morpholine rings is 1. The molecule has 152 valence electrons. The van der Waals surface area contributed by atoms with Gasteiger partial charge in [0, 0.05) is 31.9 Å². The largest absolute Gasteiger partial charge is 0.378 e. The molecule has 1 aromatic rings. The zero-order valence-corrected chi connectivity index (χ0v) is 19.1. The first-order chi connectivity index (χ1) is 12.8. The predicted octanol–water partition coefficient (Wildman–Crippen LogP) is 3.78. The summed E-state index contributed by atoms with van der Waals surface area (Å²) in [6.07, 6.45) is 5.31. The van der Waals surface area contributed by atoms with Gasteiger partial charge in [0.1, 0.15) is 0 Å². The fourth-order valence-electron chi connectivity index (χ4n) is 3.87. The van der Waals surface area contributed by atoms with Crippen molar-refractivity contribution in [1.29, 1.82) is 0 Å². The lowest BCUT2D eigenvalue weighted by atomic mass is 9.67. The molecule has 0 aromatic heterocycles. The van der Waals surface area contributed by atoms with Crippen molar-refractivity contribution >= 4 is 35.6 Å². The number of hydrogen-bond donors (Lipinski definition) is 2. The molecule has 3 rings (SSSR count). The monoisotopic (exact) mass is 486 g/mol. The van der Waals surface area contributed by atoms with E-state index in [1.807, 2.05) is 0 Å². The van der Waals surface area contributed by atoms with Crippen LogP contribution in [0, 0.1) is 5.41 Å². The van der Waals surface area contributed by atoms with Gasteiger partial charge in [0.25, 0.3) is 0 Å². The second-order valence-electron chi connectivity index (χ2n) is 7.48. The maximum Gasteiger partial charge on any atom is 0.191 e. The highest BCUT2D eigenvalue weighted by molar-refractivity contribution is 14.0. The standard InChI is InChI=1S/C21H34N4O.HI/c1-3-21(10-7-11-21)17-24-20(22-4-2)23-16-18-8-5-6-9-19(18)25-12-14-26-15-13-25;/h5-6,8-9H,3-4,7,10-17H2,1-2H3,(H2,22,23,24);1H. The van der Waals surface area contributed by atoms with Crippen LogP contribution in [0.2, 0.25) is 0 Å². The molecular weight excluding hydrogens is 451 g/mol. The number of ether oxygens (including phenoxy) is 1. The smallest absolute Gasteiger partial charge is 0.191 e. The Morgan fingerprint density at radius 3 is 2.52 bits per heavy atom. The molecular formula is C21H35IN4O. The third-order valence-electron chi connectivity index (χ3n) is 5.89. The normalized spacial score (nSPS) is 19.0. The van der Waals surface area contributed by atoms with E-state index in [1.54, 1.807) is 0 Å². The highest BCUT2D eigenvalue weighted by atomic mass is 127. The summed E-state index contributed by atoms with van der Waals surface area (Å²) in [4.78, 5) is 7.28. The number of nitrogens with zero attached hydrogens (tertiary/aromatic N) is 2. The summed E-state index contributed by atoms with van der Waals surface area (Å²) in [7, 11) is 0. The molecule has 2 N–H and O–H groups in total. The van der Waals surface area contributed by atoms with E-state index in [-0.39, 0.29) is 24.0 Å². The molecule has 1 saturated carbocycles. The Kier molecular flexibility index (Phi) is 9.15. The maximum absolute atomic E-state index is 5.49. The number of anilines is 1. The Bertz CT molecular complexity index is 592. The molecule has 6 heteroatoms. The van der Waals surface area contributed by atoms with E-state index >= 15 is 0 Å². The molecule has 0 spiro atoms. The fourth-order valence-corrected chi connectivity index (χ4v) is 3.87. The van der Waals surface area contributed by atoms with Crippen LogP contribution in [0.15, 0.2) is 29.3 Å². The van der Waals surface area contributed by atoms with E-state index in [0.717, 1.165) is 45.4 Å². The van der Waals surface area contributed by atoms with Gasteiger partial charge >= 0.3 is 0 Å². The molecule has 1 saturated heterocycles. The molecule has 2 fully saturated rings. The topological polar surface area (TPSA) is 48.9 Å². The maximum atomic E-state index is 5.49. The van der Waals surface area contributed by atoms with Crippen LogP contribution >= 0.6 is 24.0 Å². The van der Waals surface area contributed by atoms with E-state index in [1.165, 1.54) is 36.9 Å². The lowest BCUT2D eigenvalue weighted by Crippen LogP contribution is -2.46. The van der Waals surface area contributed by atoms with E-state index in [4.69, 9.17) is 9.73 Å². The summed E-state index contributed by atoms with van der Waals surface area (Å²) in [6, 6.07) is 8.62. The molecule has 1 aliphatic heterocycles. The Balaban J connectivity index is 0.00000261. The van der Waals surface area contributed by atoms with Crippen molar-refractivity contribution < 1.29 is 4.74 Å². The third kappa shape index (κ3) is 5.98.